The van der Waals surface area contributed by atoms with E-state index in [1.165, 1.54) is 0 Å². The summed E-state index contributed by atoms with van der Waals surface area (Å²) in [6, 6.07) is 14.2. The molecule has 150 valence electrons. The third-order valence-corrected chi connectivity index (χ3v) is 5.08. The number of pyridine rings is 1. The zero-order valence-corrected chi connectivity index (χ0v) is 16.8. The van der Waals surface area contributed by atoms with Crippen molar-refractivity contribution in [2.24, 2.45) is 0 Å². The third-order valence-electron chi connectivity index (χ3n) is 5.08. The first-order chi connectivity index (χ1) is 14.1. The van der Waals surface area contributed by atoms with Crippen molar-refractivity contribution in [3.05, 3.63) is 64.1 Å². The summed E-state index contributed by atoms with van der Waals surface area (Å²) < 4.78 is 12.4. The summed E-state index contributed by atoms with van der Waals surface area (Å²) in [5.41, 5.74) is 5.31. The van der Waals surface area contributed by atoms with Crippen LogP contribution < -0.4 is 15.7 Å². The molecule has 0 amide bonds. The van der Waals surface area contributed by atoms with Crippen LogP contribution in [-0.2, 0) is 11.3 Å². The molecule has 0 radical (unpaired) electrons. The molecule has 2 heterocycles. The van der Waals surface area contributed by atoms with E-state index in [-0.39, 0.29) is 5.69 Å². The first-order valence-electron chi connectivity index (χ1n) is 9.50. The number of H-pyrrole nitrogens is 1. The highest BCUT2D eigenvalue weighted by molar-refractivity contribution is 5.92. The van der Waals surface area contributed by atoms with Crippen LogP contribution in [0.25, 0.3) is 27.7 Å². The van der Waals surface area contributed by atoms with Crippen LogP contribution >= 0.6 is 0 Å². The van der Waals surface area contributed by atoms with Gasteiger partial charge in [-0.3, -0.25) is 0 Å². The number of hydrogen-bond acceptors (Lipinski definition) is 5. The van der Waals surface area contributed by atoms with Gasteiger partial charge < -0.3 is 14.8 Å². The molecule has 4 aromatic rings. The summed E-state index contributed by atoms with van der Waals surface area (Å²) >= 11 is 0. The second-order valence-electron chi connectivity index (χ2n) is 6.99. The van der Waals surface area contributed by atoms with Gasteiger partial charge in [0.05, 0.1) is 19.2 Å². The fraction of sp³-hybridized carbons (Fsp3) is 0.273. The molecule has 29 heavy (non-hydrogen) atoms. The molecule has 2 aromatic heterocycles. The van der Waals surface area contributed by atoms with Gasteiger partial charge in [0.15, 0.2) is 5.65 Å². The summed E-state index contributed by atoms with van der Waals surface area (Å²) in [6.45, 7) is 4.22. The number of aromatic amines is 1. The average molecular weight is 392 g/mol. The lowest BCUT2D eigenvalue weighted by Crippen LogP contribution is -2.18. The van der Waals surface area contributed by atoms with Crippen molar-refractivity contribution < 1.29 is 9.47 Å². The standard InChI is InChI=1S/C22H24N4O3/c1-14-9-21-24-25-22(27)26(21)19-11-18(20(29-3)12-17(14)19)16-6-4-5-15(10-16)13-23-7-8-28-2/h4-6,9-12,23H,7-8,13H2,1-3H3,(H,25,27). The van der Waals surface area contributed by atoms with Crippen LogP contribution in [0.5, 0.6) is 5.75 Å². The van der Waals surface area contributed by atoms with Crippen molar-refractivity contribution in [3.63, 3.8) is 0 Å². The zero-order valence-electron chi connectivity index (χ0n) is 16.8. The van der Waals surface area contributed by atoms with Crippen LogP contribution in [0, 0.1) is 6.92 Å². The van der Waals surface area contributed by atoms with Gasteiger partial charge in [-0.05, 0) is 47.9 Å². The van der Waals surface area contributed by atoms with E-state index in [0.717, 1.165) is 52.0 Å². The number of nitrogens with zero attached hydrogens (tertiary/aromatic N) is 2. The number of rotatable bonds is 7. The van der Waals surface area contributed by atoms with E-state index in [9.17, 15) is 4.79 Å². The molecule has 0 bridgehead atoms. The minimum atomic E-state index is -0.253. The van der Waals surface area contributed by atoms with Crippen LogP contribution in [0.2, 0.25) is 0 Å². The highest BCUT2D eigenvalue weighted by Crippen LogP contribution is 2.35. The van der Waals surface area contributed by atoms with E-state index < -0.39 is 0 Å². The van der Waals surface area contributed by atoms with Crippen molar-refractivity contribution in [2.45, 2.75) is 13.5 Å². The van der Waals surface area contributed by atoms with Crippen LogP contribution in [0.3, 0.4) is 0 Å². The second kappa shape index (κ2) is 8.06. The average Bonchev–Trinajstić information content (AvgIpc) is 3.11. The zero-order chi connectivity index (χ0) is 20.4. The first-order valence-corrected chi connectivity index (χ1v) is 9.50. The molecule has 0 aliphatic carbocycles. The Morgan fingerprint density at radius 2 is 2.03 bits per heavy atom. The first kappa shape index (κ1) is 19.2. The van der Waals surface area contributed by atoms with Gasteiger partial charge in [-0.15, -0.1) is 0 Å². The number of benzene rings is 2. The maximum absolute atomic E-state index is 12.3. The number of aryl methyl sites for hydroxylation is 1. The fourth-order valence-electron chi connectivity index (χ4n) is 3.63. The summed E-state index contributed by atoms with van der Waals surface area (Å²) in [6.07, 6.45) is 0. The van der Waals surface area contributed by atoms with Crippen molar-refractivity contribution in [3.8, 4) is 16.9 Å². The molecule has 0 saturated carbocycles. The van der Waals surface area contributed by atoms with Crippen LogP contribution in [0.15, 0.2) is 47.3 Å². The quantitative estimate of drug-likeness (QED) is 0.473. The molecule has 4 rings (SSSR count). The monoisotopic (exact) mass is 392 g/mol. The number of nitrogens with one attached hydrogen (secondary N) is 2. The van der Waals surface area contributed by atoms with Crippen LogP contribution in [0.4, 0.5) is 0 Å². The van der Waals surface area contributed by atoms with Crippen LogP contribution in [-0.4, -0.2) is 42.0 Å². The topological polar surface area (TPSA) is 80.6 Å². The van der Waals surface area contributed by atoms with Gasteiger partial charge in [0.1, 0.15) is 5.75 Å². The molecule has 2 N–H and O–H groups in total. The Kier molecular flexibility index (Phi) is 5.33. The molecule has 0 atom stereocenters. The highest BCUT2D eigenvalue weighted by atomic mass is 16.5. The molecule has 7 nitrogen and oxygen atoms in total. The van der Waals surface area contributed by atoms with Gasteiger partial charge in [0.25, 0.3) is 0 Å². The maximum atomic E-state index is 12.3. The Morgan fingerprint density at radius 1 is 1.17 bits per heavy atom. The Bertz CT molecular complexity index is 1230. The Balaban J connectivity index is 1.84. The minimum absolute atomic E-state index is 0.253. The molecular weight excluding hydrogens is 368 g/mol. The number of methoxy groups -OCH3 is 2. The molecule has 0 saturated heterocycles. The summed E-state index contributed by atoms with van der Waals surface area (Å²) in [5.74, 6) is 0.765. The molecule has 0 unspecified atom stereocenters. The van der Waals surface area contributed by atoms with Gasteiger partial charge in [0, 0.05) is 31.1 Å². The van der Waals surface area contributed by atoms with Crippen LogP contribution in [0.1, 0.15) is 11.1 Å². The van der Waals surface area contributed by atoms with E-state index in [4.69, 9.17) is 9.47 Å². The Hall–Kier alpha value is -3.16. The molecule has 0 aliphatic rings. The predicted octanol–water partition coefficient (Wildman–Crippen LogP) is 2.90. The van der Waals surface area contributed by atoms with Gasteiger partial charge in [-0.2, -0.15) is 5.10 Å². The summed E-state index contributed by atoms with van der Waals surface area (Å²) in [4.78, 5) is 12.3. The van der Waals surface area contributed by atoms with E-state index in [2.05, 4.69) is 27.6 Å². The van der Waals surface area contributed by atoms with E-state index in [1.54, 1.807) is 18.6 Å². The fourth-order valence-corrected chi connectivity index (χ4v) is 3.63. The van der Waals surface area contributed by atoms with Crippen molar-refractivity contribution in [1.29, 1.82) is 0 Å². The van der Waals surface area contributed by atoms with E-state index in [1.807, 2.05) is 37.3 Å². The molecule has 0 spiro atoms. The van der Waals surface area contributed by atoms with Crippen molar-refractivity contribution in [2.75, 3.05) is 27.4 Å². The van der Waals surface area contributed by atoms with Gasteiger partial charge >= 0.3 is 5.69 Å². The smallest absolute Gasteiger partial charge is 0.348 e. The summed E-state index contributed by atoms with van der Waals surface area (Å²) in [7, 11) is 3.36. The molecule has 7 heteroatoms. The van der Waals surface area contributed by atoms with Gasteiger partial charge in [0.2, 0.25) is 0 Å². The normalized spacial score (nSPS) is 11.4. The Labute approximate surface area is 168 Å². The highest BCUT2D eigenvalue weighted by Gasteiger charge is 2.14. The molecule has 2 aromatic carbocycles. The SMILES string of the molecule is COCCNCc1cccc(-c2cc3c(cc2OC)c(C)cc2n[nH]c(=O)n23)c1. The lowest BCUT2D eigenvalue weighted by molar-refractivity contribution is 0.199. The number of aromatic nitrogens is 3. The maximum Gasteiger partial charge on any atom is 0.348 e. The molecule has 0 fully saturated rings. The van der Waals surface area contributed by atoms with Gasteiger partial charge in [-0.25, -0.2) is 14.3 Å². The van der Waals surface area contributed by atoms with Crippen molar-refractivity contribution in [1.82, 2.24) is 19.9 Å². The number of fused-ring (bicyclic) bond motifs is 3. The third kappa shape index (κ3) is 3.62. The number of ether oxygens (including phenoxy) is 2. The lowest BCUT2D eigenvalue weighted by atomic mass is 9.99. The van der Waals surface area contributed by atoms with E-state index >= 15 is 0 Å². The molecular formula is C22H24N4O3. The van der Waals surface area contributed by atoms with E-state index in [0.29, 0.717) is 12.3 Å². The second-order valence-corrected chi connectivity index (χ2v) is 6.99. The minimum Gasteiger partial charge on any atom is -0.496 e. The lowest BCUT2D eigenvalue weighted by Gasteiger charge is -2.14. The Morgan fingerprint density at radius 3 is 2.83 bits per heavy atom. The molecule has 0 aliphatic heterocycles. The largest absolute Gasteiger partial charge is 0.496 e. The van der Waals surface area contributed by atoms with Gasteiger partial charge in [-0.1, -0.05) is 18.2 Å². The van der Waals surface area contributed by atoms with Crippen molar-refractivity contribution >= 4 is 16.6 Å². The number of hydrogen-bond donors (Lipinski definition) is 2. The summed E-state index contributed by atoms with van der Waals surface area (Å²) in [5, 5.41) is 11.0. The predicted molar refractivity (Wildman–Crippen MR) is 114 cm³/mol.